The molecule has 0 heterocycles. The van der Waals surface area contributed by atoms with E-state index >= 15 is 0 Å². The third-order valence-corrected chi connectivity index (χ3v) is 4.25. The predicted molar refractivity (Wildman–Crippen MR) is 108 cm³/mol. The molecule has 2 rings (SSSR count). The number of anilines is 1. The van der Waals surface area contributed by atoms with Crippen LogP contribution in [-0.2, 0) is 4.79 Å². The smallest absolute Gasteiger partial charge is 0.262 e. The SMILES string of the molecule is COc1cc(/C=C/C(=O)NNc2c(Cl)cc(Cl)cc2Cl)cc(OC)c1OC. The zero-order valence-electron chi connectivity index (χ0n) is 14.7. The van der Waals surface area contributed by atoms with Crippen molar-refractivity contribution in [1.82, 2.24) is 5.43 Å². The molecule has 6 nitrogen and oxygen atoms in total. The van der Waals surface area contributed by atoms with Gasteiger partial charge in [-0.1, -0.05) is 34.8 Å². The van der Waals surface area contributed by atoms with Crippen LogP contribution in [0.2, 0.25) is 15.1 Å². The first-order chi connectivity index (χ1) is 12.9. The number of carbonyl (C=O) groups is 1. The van der Waals surface area contributed by atoms with Crippen molar-refractivity contribution in [3.8, 4) is 17.2 Å². The molecule has 0 unspecified atom stereocenters. The lowest BCUT2D eigenvalue weighted by Gasteiger charge is -2.13. The Morgan fingerprint density at radius 2 is 1.48 bits per heavy atom. The Balaban J connectivity index is 2.11. The first-order valence-corrected chi connectivity index (χ1v) is 8.71. The van der Waals surface area contributed by atoms with Crippen molar-refractivity contribution >= 4 is 52.5 Å². The van der Waals surface area contributed by atoms with Crippen LogP contribution in [0.3, 0.4) is 0 Å². The maximum atomic E-state index is 12.1. The highest BCUT2D eigenvalue weighted by Crippen LogP contribution is 2.38. The van der Waals surface area contributed by atoms with Crippen LogP contribution in [0.5, 0.6) is 17.2 Å². The van der Waals surface area contributed by atoms with E-state index in [-0.39, 0.29) is 10.0 Å². The van der Waals surface area contributed by atoms with Gasteiger partial charge in [0.15, 0.2) is 11.5 Å². The van der Waals surface area contributed by atoms with Crippen LogP contribution < -0.4 is 25.1 Å². The lowest BCUT2D eigenvalue weighted by Crippen LogP contribution is -2.27. The molecule has 144 valence electrons. The van der Waals surface area contributed by atoms with Gasteiger partial charge in [0, 0.05) is 11.1 Å². The summed E-state index contributed by atoms with van der Waals surface area (Å²) >= 11 is 17.9. The van der Waals surface area contributed by atoms with E-state index < -0.39 is 5.91 Å². The van der Waals surface area contributed by atoms with Gasteiger partial charge in [0.2, 0.25) is 5.75 Å². The van der Waals surface area contributed by atoms with Gasteiger partial charge < -0.3 is 14.2 Å². The lowest BCUT2D eigenvalue weighted by atomic mass is 10.1. The van der Waals surface area contributed by atoms with Gasteiger partial charge in [-0.3, -0.25) is 15.6 Å². The summed E-state index contributed by atoms with van der Waals surface area (Å²) < 4.78 is 15.8. The van der Waals surface area contributed by atoms with Crippen molar-refractivity contribution in [2.75, 3.05) is 26.8 Å². The Labute approximate surface area is 171 Å². The summed E-state index contributed by atoms with van der Waals surface area (Å²) in [5.41, 5.74) is 6.17. The van der Waals surface area contributed by atoms with Crippen molar-refractivity contribution in [2.45, 2.75) is 0 Å². The number of hydrogen-bond acceptors (Lipinski definition) is 5. The van der Waals surface area contributed by atoms with Gasteiger partial charge in [-0.2, -0.15) is 0 Å². The Morgan fingerprint density at radius 1 is 0.926 bits per heavy atom. The Kier molecular flexibility index (Phi) is 7.47. The summed E-state index contributed by atoms with van der Waals surface area (Å²) in [7, 11) is 4.55. The van der Waals surface area contributed by atoms with Crippen LogP contribution in [0.15, 0.2) is 30.3 Å². The quantitative estimate of drug-likeness (QED) is 0.485. The number of carbonyl (C=O) groups excluding carboxylic acids is 1. The molecule has 2 N–H and O–H groups in total. The fourth-order valence-electron chi connectivity index (χ4n) is 2.20. The predicted octanol–water partition coefficient (Wildman–Crippen LogP) is 4.83. The van der Waals surface area contributed by atoms with E-state index in [4.69, 9.17) is 49.0 Å². The molecular formula is C18H17Cl3N2O4. The molecule has 0 bridgehead atoms. The number of ether oxygens (including phenoxy) is 3. The molecular weight excluding hydrogens is 415 g/mol. The van der Waals surface area contributed by atoms with Gasteiger partial charge in [0.25, 0.3) is 5.91 Å². The number of rotatable bonds is 7. The van der Waals surface area contributed by atoms with Crippen LogP contribution in [0.4, 0.5) is 5.69 Å². The van der Waals surface area contributed by atoms with Gasteiger partial charge in [0.1, 0.15) is 0 Å². The number of benzene rings is 2. The van der Waals surface area contributed by atoms with Crippen LogP contribution in [-0.4, -0.2) is 27.2 Å². The molecule has 27 heavy (non-hydrogen) atoms. The third-order valence-electron chi connectivity index (χ3n) is 3.43. The van der Waals surface area contributed by atoms with Crippen molar-refractivity contribution in [2.24, 2.45) is 0 Å². The number of methoxy groups -OCH3 is 3. The van der Waals surface area contributed by atoms with Gasteiger partial charge in [-0.05, 0) is 35.9 Å². The molecule has 0 aromatic heterocycles. The zero-order valence-corrected chi connectivity index (χ0v) is 17.0. The second-order valence-corrected chi connectivity index (χ2v) is 6.40. The number of halogens is 3. The highest BCUT2D eigenvalue weighted by Gasteiger charge is 2.12. The molecule has 0 fully saturated rings. The number of hydrogen-bond donors (Lipinski definition) is 2. The lowest BCUT2D eigenvalue weighted by molar-refractivity contribution is -0.115. The van der Waals surface area contributed by atoms with Crippen LogP contribution >= 0.6 is 34.8 Å². The molecule has 0 saturated carbocycles. The maximum Gasteiger partial charge on any atom is 0.262 e. The molecule has 0 atom stereocenters. The van der Waals surface area contributed by atoms with E-state index in [0.717, 1.165) is 0 Å². The molecule has 0 aliphatic rings. The second kappa shape index (κ2) is 9.60. The summed E-state index contributed by atoms with van der Waals surface area (Å²) in [5.74, 6) is 1.01. The molecule has 0 aliphatic carbocycles. The average molecular weight is 432 g/mol. The van der Waals surface area contributed by atoms with Crippen LogP contribution in [0, 0.1) is 0 Å². The molecule has 1 amide bonds. The molecule has 2 aromatic carbocycles. The highest BCUT2D eigenvalue weighted by molar-refractivity contribution is 6.41. The van der Waals surface area contributed by atoms with Crippen molar-refractivity contribution in [1.29, 1.82) is 0 Å². The van der Waals surface area contributed by atoms with Crippen molar-refractivity contribution in [3.63, 3.8) is 0 Å². The molecule has 2 aromatic rings. The zero-order chi connectivity index (χ0) is 20.0. The van der Waals surface area contributed by atoms with Gasteiger partial charge in [0.05, 0.1) is 37.1 Å². The normalized spacial score (nSPS) is 10.6. The van der Waals surface area contributed by atoms with E-state index in [2.05, 4.69) is 10.9 Å². The Morgan fingerprint density at radius 3 is 1.96 bits per heavy atom. The Bertz CT molecular complexity index is 824. The topological polar surface area (TPSA) is 68.8 Å². The van der Waals surface area contributed by atoms with E-state index in [1.165, 1.54) is 39.5 Å². The largest absolute Gasteiger partial charge is 0.493 e. The number of hydrazine groups is 1. The minimum atomic E-state index is -0.425. The first-order valence-electron chi connectivity index (χ1n) is 7.58. The highest BCUT2D eigenvalue weighted by atomic mass is 35.5. The minimum Gasteiger partial charge on any atom is -0.493 e. The van der Waals surface area contributed by atoms with E-state index in [1.54, 1.807) is 18.2 Å². The number of nitrogens with one attached hydrogen (secondary N) is 2. The molecule has 0 saturated heterocycles. The van der Waals surface area contributed by atoms with E-state index in [0.29, 0.717) is 33.5 Å². The third kappa shape index (κ3) is 5.35. The first kappa shape index (κ1) is 21.0. The van der Waals surface area contributed by atoms with E-state index in [1.807, 2.05) is 0 Å². The second-order valence-electron chi connectivity index (χ2n) is 5.15. The summed E-state index contributed by atoms with van der Waals surface area (Å²) in [6, 6.07) is 6.45. The summed E-state index contributed by atoms with van der Waals surface area (Å²) in [5, 5.41) is 0.951. The number of amides is 1. The fourth-order valence-corrected chi connectivity index (χ4v) is 3.11. The molecule has 9 heteroatoms. The summed E-state index contributed by atoms with van der Waals surface area (Å²) in [4.78, 5) is 12.1. The van der Waals surface area contributed by atoms with Gasteiger partial charge in [-0.25, -0.2) is 0 Å². The minimum absolute atomic E-state index is 0.279. The van der Waals surface area contributed by atoms with Crippen molar-refractivity contribution < 1.29 is 19.0 Å². The fraction of sp³-hybridized carbons (Fsp3) is 0.167. The Hall–Kier alpha value is -2.28. The van der Waals surface area contributed by atoms with E-state index in [9.17, 15) is 4.79 Å². The maximum absolute atomic E-state index is 12.1. The summed E-state index contributed by atoms with van der Waals surface area (Å²) in [6.07, 6.45) is 2.91. The van der Waals surface area contributed by atoms with Gasteiger partial charge in [-0.15, -0.1) is 0 Å². The average Bonchev–Trinajstić information content (AvgIpc) is 2.64. The molecule has 0 radical (unpaired) electrons. The van der Waals surface area contributed by atoms with Gasteiger partial charge >= 0.3 is 0 Å². The van der Waals surface area contributed by atoms with Crippen LogP contribution in [0.1, 0.15) is 5.56 Å². The summed E-state index contributed by atoms with van der Waals surface area (Å²) in [6.45, 7) is 0. The van der Waals surface area contributed by atoms with Crippen LogP contribution in [0.25, 0.3) is 6.08 Å². The molecule has 0 aliphatic heterocycles. The van der Waals surface area contributed by atoms with Crippen molar-refractivity contribution in [3.05, 3.63) is 51.0 Å². The molecule has 0 spiro atoms. The standard InChI is InChI=1S/C18H17Cl3N2O4/c1-25-14-6-10(7-15(26-2)18(14)27-3)4-5-16(24)22-23-17-12(20)8-11(19)9-13(17)21/h4-9,23H,1-3H3,(H,22,24)/b5-4+. The monoisotopic (exact) mass is 430 g/mol.